The van der Waals surface area contributed by atoms with Crippen molar-refractivity contribution in [3.8, 4) is 0 Å². The summed E-state index contributed by atoms with van der Waals surface area (Å²) in [6.45, 7) is 1.86. The minimum atomic E-state index is -0.0301. The predicted octanol–water partition coefficient (Wildman–Crippen LogP) is 4.32. The van der Waals surface area contributed by atoms with E-state index in [0.29, 0.717) is 12.0 Å². The molecular weight excluding hydrogens is 342 g/mol. The molecule has 1 heterocycles. The van der Waals surface area contributed by atoms with Gasteiger partial charge in [-0.25, -0.2) is 4.98 Å². The fourth-order valence-corrected chi connectivity index (χ4v) is 4.84. The Labute approximate surface area is 159 Å². The third kappa shape index (κ3) is 4.15. The van der Waals surface area contributed by atoms with Crippen LogP contribution >= 0.6 is 11.3 Å². The number of nitrogens with zero attached hydrogens (tertiary/aromatic N) is 2. The Hall–Kier alpha value is -1.72. The van der Waals surface area contributed by atoms with E-state index in [1.54, 1.807) is 7.05 Å². The molecule has 4 rings (SSSR count). The summed E-state index contributed by atoms with van der Waals surface area (Å²) in [6, 6.07) is 8.67. The monoisotopic (exact) mass is 369 g/mol. The van der Waals surface area contributed by atoms with Crippen LogP contribution in [0.2, 0.25) is 0 Å². The van der Waals surface area contributed by atoms with E-state index in [-0.39, 0.29) is 5.91 Å². The highest BCUT2D eigenvalue weighted by Gasteiger charge is 2.30. The average molecular weight is 370 g/mol. The molecule has 1 aromatic heterocycles. The van der Waals surface area contributed by atoms with E-state index in [1.807, 2.05) is 23.5 Å². The number of hydrogen-bond acceptors (Lipinski definition) is 4. The predicted molar refractivity (Wildman–Crippen MR) is 105 cm³/mol. The second kappa shape index (κ2) is 7.89. The SMILES string of the molecule is CNC(=O)c1ccc(CN(Cc2csc(C3CCCC3)n2)C2CC2)cc1. The molecule has 138 valence electrons. The lowest BCUT2D eigenvalue weighted by Crippen LogP contribution is -2.25. The summed E-state index contributed by atoms with van der Waals surface area (Å²) in [5, 5.41) is 6.28. The van der Waals surface area contributed by atoms with Crippen molar-refractivity contribution in [3.05, 3.63) is 51.5 Å². The Balaban J connectivity index is 1.41. The van der Waals surface area contributed by atoms with Crippen molar-refractivity contribution >= 4 is 17.2 Å². The van der Waals surface area contributed by atoms with Gasteiger partial charge in [0.05, 0.1) is 10.7 Å². The molecule has 0 spiro atoms. The first kappa shape index (κ1) is 17.7. The van der Waals surface area contributed by atoms with Gasteiger partial charge in [0.1, 0.15) is 0 Å². The topological polar surface area (TPSA) is 45.2 Å². The largest absolute Gasteiger partial charge is 0.355 e. The molecule has 1 N–H and O–H groups in total. The molecule has 26 heavy (non-hydrogen) atoms. The highest BCUT2D eigenvalue weighted by molar-refractivity contribution is 7.09. The van der Waals surface area contributed by atoms with Crippen LogP contribution in [0.5, 0.6) is 0 Å². The standard InChI is InChI=1S/C21H27N3OS/c1-22-20(25)16-8-6-15(7-9-16)12-24(19-10-11-19)13-18-14-26-21(23-18)17-4-2-3-5-17/h6-9,14,17,19H,2-5,10-13H2,1H3,(H,22,25). The summed E-state index contributed by atoms with van der Waals surface area (Å²) < 4.78 is 0. The molecule has 0 radical (unpaired) electrons. The molecule has 2 fully saturated rings. The van der Waals surface area contributed by atoms with Crippen molar-refractivity contribution in [1.82, 2.24) is 15.2 Å². The van der Waals surface area contributed by atoms with Crippen LogP contribution in [0.4, 0.5) is 0 Å². The van der Waals surface area contributed by atoms with E-state index in [9.17, 15) is 4.79 Å². The number of amides is 1. The Morgan fingerprint density at radius 2 is 1.88 bits per heavy atom. The lowest BCUT2D eigenvalue weighted by molar-refractivity contribution is 0.0963. The van der Waals surface area contributed by atoms with E-state index >= 15 is 0 Å². The molecule has 1 amide bonds. The number of carbonyl (C=O) groups excluding carboxylic acids is 1. The molecule has 1 aromatic carbocycles. The van der Waals surface area contributed by atoms with Crippen LogP contribution < -0.4 is 5.32 Å². The number of aromatic nitrogens is 1. The van der Waals surface area contributed by atoms with E-state index in [4.69, 9.17) is 4.98 Å². The van der Waals surface area contributed by atoms with E-state index in [0.717, 1.165) is 18.7 Å². The maximum Gasteiger partial charge on any atom is 0.251 e. The Kier molecular flexibility index (Phi) is 5.36. The molecule has 0 saturated heterocycles. The molecule has 0 atom stereocenters. The summed E-state index contributed by atoms with van der Waals surface area (Å²) in [6.07, 6.45) is 7.93. The van der Waals surface area contributed by atoms with Gasteiger partial charge in [-0.05, 0) is 43.4 Å². The van der Waals surface area contributed by atoms with Gasteiger partial charge < -0.3 is 5.32 Å². The fourth-order valence-electron chi connectivity index (χ4n) is 3.86. The minimum absolute atomic E-state index is 0.0301. The lowest BCUT2D eigenvalue weighted by Gasteiger charge is -2.21. The molecule has 5 heteroatoms. The van der Waals surface area contributed by atoms with Gasteiger partial charge in [-0.2, -0.15) is 0 Å². The maximum absolute atomic E-state index is 11.7. The van der Waals surface area contributed by atoms with Gasteiger partial charge in [0.2, 0.25) is 0 Å². The molecule has 2 saturated carbocycles. The van der Waals surface area contributed by atoms with Crippen LogP contribution in [0.3, 0.4) is 0 Å². The Bertz CT molecular complexity index is 745. The summed E-state index contributed by atoms with van der Waals surface area (Å²) >= 11 is 1.85. The van der Waals surface area contributed by atoms with E-state index in [1.165, 1.54) is 54.8 Å². The second-order valence-electron chi connectivity index (χ2n) is 7.57. The quantitative estimate of drug-likeness (QED) is 0.790. The van der Waals surface area contributed by atoms with Gasteiger partial charge in [-0.1, -0.05) is 25.0 Å². The average Bonchev–Trinajstić information content (AvgIpc) is 3.17. The second-order valence-corrected chi connectivity index (χ2v) is 8.46. The van der Waals surface area contributed by atoms with Gasteiger partial charge in [-0.3, -0.25) is 9.69 Å². The first-order valence-electron chi connectivity index (χ1n) is 9.72. The molecular formula is C21H27N3OS. The maximum atomic E-state index is 11.7. The zero-order valence-electron chi connectivity index (χ0n) is 15.4. The molecule has 2 aliphatic carbocycles. The summed E-state index contributed by atoms with van der Waals surface area (Å²) in [5.41, 5.74) is 3.21. The number of hydrogen-bond donors (Lipinski definition) is 1. The molecule has 2 aromatic rings. The van der Waals surface area contributed by atoms with E-state index in [2.05, 4.69) is 27.7 Å². The number of rotatable bonds is 7. The zero-order valence-corrected chi connectivity index (χ0v) is 16.2. The summed E-state index contributed by atoms with van der Waals surface area (Å²) in [5.74, 6) is 0.679. The first-order chi connectivity index (χ1) is 12.7. The molecule has 4 nitrogen and oxygen atoms in total. The van der Waals surface area contributed by atoms with Crippen molar-refractivity contribution < 1.29 is 4.79 Å². The molecule has 0 unspecified atom stereocenters. The third-order valence-corrected chi connectivity index (χ3v) is 6.59. The van der Waals surface area contributed by atoms with Crippen LogP contribution in [0.1, 0.15) is 71.1 Å². The van der Waals surface area contributed by atoms with Gasteiger partial charge >= 0.3 is 0 Å². The van der Waals surface area contributed by atoms with Gasteiger partial charge in [0.25, 0.3) is 5.91 Å². The van der Waals surface area contributed by atoms with Crippen molar-refractivity contribution in [2.75, 3.05) is 7.05 Å². The molecule has 0 aliphatic heterocycles. The van der Waals surface area contributed by atoms with Crippen LogP contribution in [0, 0.1) is 0 Å². The minimum Gasteiger partial charge on any atom is -0.355 e. The van der Waals surface area contributed by atoms with Crippen LogP contribution in [0.25, 0.3) is 0 Å². The number of benzene rings is 1. The Morgan fingerprint density at radius 3 is 2.54 bits per heavy atom. The normalized spacial score (nSPS) is 17.8. The number of carbonyl (C=O) groups is 1. The van der Waals surface area contributed by atoms with Crippen LogP contribution in [0.15, 0.2) is 29.6 Å². The molecule has 0 bridgehead atoms. The highest BCUT2D eigenvalue weighted by atomic mass is 32.1. The summed E-state index contributed by atoms with van der Waals surface area (Å²) in [4.78, 5) is 19.2. The number of thiazole rings is 1. The van der Waals surface area contributed by atoms with E-state index < -0.39 is 0 Å². The van der Waals surface area contributed by atoms with Crippen molar-refractivity contribution in [2.24, 2.45) is 0 Å². The Morgan fingerprint density at radius 1 is 1.15 bits per heavy atom. The van der Waals surface area contributed by atoms with Crippen LogP contribution in [-0.4, -0.2) is 28.9 Å². The first-order valence-corrected chi connectivity index (χ1v) is 10.6. The van der Waals surface area contributed by atoms with Crippen molar-refractivity contribution in [3.63, 3.8) is 0 Å². The number of nitrogens with one attached hydrogen (secondary N) is 1. The van der Waals surface area contributed by atoms with Gasteiger partial charge in [0.15, 0.2) is 0 Å². The molecule has 2 aliphatic rings. The van der Waals surface area contributed by atoms with Gasteiger partial charge in [0, 0.05) is 43.0 Å². The summed E-state index contributed by atoms with van der Waals surface area (Å²) in [7, 11) is 1.67. The smallest absolute Gasteiger partial charge is 0.251 e. The van der Waals surface area contributed by atoms with Gasteiger partial charge in [-0.15, -0.1) is 11.3 Å². The fraction of sp³-hybridized carbons (Fsp3) is 0.524. The van der Waals surface area contributed by atoms with Crippen molar-refractivity contribution in [2.45, 2.75) is 63.6 Å². The van der Waals surface area contributed by atoms with Crippen molar-refractivity contribution in [1.29, 1.82) is 0 Å². The highest BCUT2D eigenvalue weighted by Crippen LogP contribution is 2.36. The third-order valence-electron chi connectivity index (χ3n) is 5.53. The zero-order chi connectivity index (χ0) is 17.9. The van der Waals surface area contributed by atoms with Crippen LogP contribution in [-0.2, 0) is 13.1 Å². The lowest BCUT2D eigenvalue weighted by atomic mass is 10.1.